The van der Waals surface area contributed by atoms with Crippen molar-refractivity contribution in [3.63, 3.8) is 0 Å². The molecule has 5 heteroatoms. The highest BCUT2D eigenvalue weighted by atomic mass is 16.5. The van der Waals surface area contributed by atoms with Crippen LogP contribution < -0.4 is 4.74 Å². The van der Waals surface area contributed by atoms with Gasteiger partial charge >= 0.3 is 5.97 Å². The van der Waals surface area contributed by atoms with Gasteiger partial charge in [-0.2, -0.15) is 0 Å². The first kappa shape index (κ1) is 15.9. The second kappa shape index (κ2) is 6.56. The van der Waals surface area contributed by atoms with Gasteiger partial charge in [0.2, 0.25) is 0 Å². The topological polar surface area (TPSA) is 76.5 Å². The van der Waals surface area contributed by atoms with E-state index in [2.05, 4.69) is 4.98 Å². The standard InChI is InChI=1S/C17H19NO4/c1-4-11-5-6-12-13(17(21)10(2)9-15(19)20)7-8-14(22-3)16(12)18-11/h5-8,10H,4,9H2,1-3H3,(H,19,20). The van der Waals surface area contributed by atoms with E-state index >= 15 is 0 Å². The average molecular weight is 301 g/mol. The summed E-state index contributed by atoms with van der Waals surface area (Å²) in [4.78, 5) is 27.9. The molecular weight excluding hydrogens is 282 g/mol. The Balaban J connectivity index is 2.55. The number of carbonyl (C=O) groups excluding carboxylic acids is 1. The average Bonchev–Trinajstić information content (AvgIpc) is 2.51. The molecule has 1 heterocycles. The third-order valence-electron chi connectivity index (χ3n) is 3.65. The van der Waals surface area contributed by atoms with Crippen LogP contribution in [-0.2, 0) is 11.2 Å². The van der Waals surface area contributed by atoms with E-state index in [1.54, 1.807) is 26.2 Å². The number of rotatable bonds is 6. The summed E-state index contributed by atoms with van der Waals surface area (Å²) in [5.41, 5.74) is 2.03. The molecule has 116 valence electrons. The molecule has 0 aliphatic carbocycles. The lowest BCUT2D eigenvalue weighted by molar-refractivity contribution is -0.137. The summed E-state index contributed by atoms with van der Waals surface area (Å²) >= 11 is 0. The molecule has 1 unspecified atom stereocenters. The van der Waals surface area contributed by atoms with E-state index in [0.717, 1.165) is 12.1 Å². The van der Waals surface area contributed by atoms with Gasteiger partial charge in [0.25, 0.3) is 0 Å². The predicted octanol–water partition coefficient (Wildman–Crippen LogP) is 3.10. The molecule has 1 aromatic heterocycles. The molecule has 0 aliphatic heterocycles. The number of ether oxygens (including phenoxy) is 1. The number of ketones is 1. The van der Waals surface area contributed by atoms with Crippen molar-refractivity contribution in [2.24, 2.45) is 5.92 Å². The number of methoxy groups -OCH3 is 1. The molecule has 0 fully saturated rings. The van der Waals surface area contributed by atoms with E-state index in [0.29, 0.717) is 22.2 Å². The van der Waals surface area contributed by atoms with Gasteiger partial charge in [0, 0.05) is 22.6 Å². The smallest absolute Gasteiger partial charge is 0.304 e. The Labute approximate surface area is 128 Å². The number of Topliss-reactive ketones (excluding diaryl/α,β-unsaturated/α-hetero) is 1. The number of aryl methyl sites for hydroxylation is 1. The van der Waals surface area contributed by atoms with E-state index < -0.39 is 11.9 Å². The number of benzene rings is 1. The highest BCUT2D eigenvalue weighted by Crippen LogP contribution is 2.29. The number of hydrogen-bond acceptors (Lipinski definition) is 4. The third kappa shape index (κ3) is 3.08. The van der Waals surface area contributed by atoms with Crippen molar-refractivity contribution in [3.05, 3.63) is 35.5 Å². The SMILES string of the molecule is CCc1ccc2c(C(=O)C(C)CC(=O)O)ccc(OC)c2n1. The van der Waals surface area contributed by atoms with E-state index in [1.807, 2.05) is 19.1 Å². The second-order valence-electron chi connectivity index (χ2n) is 5.23. The fraction of sp³-hybridized carbons (Fsp3) is 0.353. The van der Waals surface area contributed by atoms with E-state index in [4.69, 9.17) is 9.84 Å². The van der Waals surface area contributed by atoms with Gasteiger partial charge in [0.1, 0.15) is 11.3 Å². The lowest BCUT2D eigenvalue weighted by Gasteiger charge is -2.13. The predicted molar refractivity (Wildman–Crippen MR) is 83.4 cm³/mol. The van der Waals surface area contributed by atoms with Crippen molar-refractivity contribution in [3.8, 4) is 5.75 Å². The molecule has 1 N–H and O–H groups in total. The Morgan fingerprint density at radius 3 is 2.59 bits per heavy atom. The summed E-state index contributed by atoms with van der Waals surface area (Å²) in [5, 5.41) is 9.55. The Kier molecular flexibility index (Phi) is 4.75. The maximum absolute atomic E-state index is 12.5. The van der Waals surface area contributed by atoms with Crippen LogP contribution in [0.3, 0.4) is 0 Å². The summed E-state index contributed by atoms with van der Waals surface area (Å²) in [7, 11) is 1.56. The number of aromatic nitrogens is 1. The molecule has 0 spiro atoms. The van der Waals surface area contributed by atoms with Crippen LogP contribution >= 0.6 is 0 Å². The number of nitrogens with zero attached hydrogens (tertiary/aromatic N) is 1. The van der Waals surface area contributed by atoms with Gasteiger partial charge in [0.05, 0.1) is 13.5 Å². The zero-order chi connectivity index (χ0) is 16.3. The fourth-order valence-corrected chi connectivity index (χ4v) is 2.43. The number of pyridine rings is 1. The molecule has 2 rings (SSSR count). The number of carboxylic acids is 1. The minimum Gasteiger partial charge on any atom is -0.494 e. The van der Waals surface area contributed by atoms with E-state index in [1.165, 1.54) is 0 Å². The van der Waals surface area contributed by atoms with Crippen LogP contribution in [0.25, 0.3) is 10.9 Å². The van der Waals surface area contributed by atoms with E-state index in [-0.39, 0.29) is 12.2 Å². The van der Waals surface area contributed by atoms with Gasteiger partial charge in [-0.3, -0.25) is 9.59 Å². The molecule has 0 amide bonds. The van der Waals surface area contributed by atoms with Crippen LogP contribution in [-0.4, -0.2) is 29.0 Å². The number of carboxylic acid groups (broad SMARTS) is 1. The molecule has 0 aliphatic rings. The lowest BCUT2D eigenvalue weighted by Crippen LogP contribution is -2.16. The summed E-state index contributed by atoms with van der Waals surface area (Å²) in [5.74, 6) is -1.15. The fourth-order valence-electron chi connectivity index (χ4n) is 2.43. The van der Waals surface area contributed by atoms with Gasteiger partial charge in [-0.15, -0.1) is 0 Å². The zero-order valence-corrected chi connectivity index (χ0v) is 12.9. The Morgan fingerprint density at radius 1 is 1.27 bits per heavy atom. The number of aliphatic carboxylic acids is 1. The van der Waals surface area contributed by atoms with Crippen LogP contribution in [0.5, 0.6) is 5.75 Å². The molecule has 1 atom stereocenters. The maximum atomic E-state index is 12.5. The first-order valence-electron chi connectivity index (χ1n) is 7.20. The van der Waals surface area contributed by atoms with Crippen molar-refractivity contribution in [1.29, 1.82) is 0 Å². The monoisotopic (exact) mass is 301 g/mol. The van der Waals surface area contributed by atoms with Gasteiger partial charge in [-0.05, 0) is 24.6 Å². The van der Waals surface area contributed by atoms with Gasteiger partial charge in [-0.25, -0.2) is 4.98 Å². The quantitative estimate of drug-likeness (QED) is 0.830. The summed E-state index contributed by atoms with van der Waals surface area (Å²) < 4.78 is 5.32. The lowest BCUT2D eigenvalue weighted by atomic mass is 9.93. The summed E-state index contributed by atoms with van der Waals surface area (Å²) in [6.45, 7) is 3.63. The highest BCUT2D eigenvalue weighted by Gasteiger charge is 2.21. The normalized spacial score (nSPS) is 12.1. The Morgan fingerprint density at radius 2 is 2.00 bits per heavy atom. The molecule has 22 heavy (non-hydrogen) atoms. The maximum Gasteiger partial charge on any atom is 0.304 e. The third-order valence-corrected chi connectivity index (χ3v) is 3.65. The van der Waals surface area contributed by atoms with Crippen LogP contribution in [0, 0.1) is 5.92 Å². The molecule has 2 aromatic rings. The summed E-state index contributed by atoms with van der Waals surface area (Å²) in [6.07, 6.45) is 0.597. The molecule has 0 saturated heterocycles. The molecule has 5 nitrogen and oxygen atoms in total. The van der Waals surface area contributed by atoms with Crippen LogP contribution in [0.2, 0.25) is 0 Å². The highest BCUT2D eigenvalue weighted by molar-refractivity contribution is 6.10. The van der Waals surface area contributed by atoms with Crippen LogP contribution in [0.15, 0.2) is 24.3 Å². The number of hydrogen-bond donors (Lipinski definition) is 1. The molecule has 0 bridgehead atoms. The van der Waals surface area contributed by atoms with Crippen LogP contribution in [0.1, 0.15) is 36.3 Å². The second-order valence-corrected chi connectivity index (χ2v) is 5.23. The van der Waals surface area contributed by atoms with Gasteiger partial charge < -0.3 is 9.84 Å². The first-order valence-corrected chi connectivity index (χ1v) is 7.20. The molecule has 0 saturated carbocycles. The van der Waals surface area contributed by atoms with Gasteiger partial charge in [0.15, 0.2) is 5.78 Å². The minimum absolute atomic E-state index is 0.188. The van der Waals surface area contributed by atoms with Crippen LogP contribution in [0.4, 0.5) is 0 Å². The Hall–Kier alpha value is -2.43. The Bertz CT molecular complexity index is 724. The molecule has 0 radical (unpaired) electrons. The zero-order valence-electron chi connectivity index (χ0n) is 12.9. The summed E-state index contributed by atoms with van der Waals surface area (Å²) in [6, 6.07) is 7.11. The van der Waals surface area contributed by atoms with E-state index in [9.17, 15) is 9.59 Å². The minimum atomic E-state index is -0.981. The number of fused-ring (bicyclic) bond motifs is 1. The largest absolute Gasteiger partial charge is 0.494 e. The first-order chi connectivity index (χ1) is 10.5. The number of carbonyl (C=O) groups is 2. The molecular formula is C17H19NO4. The van der Waals surface area contributed by atoms with Crippen molar-refractivity contribution in [2.45, 2.75) is 26.7 Å². The van der Waals surface area contributed by atoms with Crippen molar-refractivity contribution >= 4 is 22.7 Å². The van der Waals surface area contributed by atoms with Crippen molar-refractivity contribution < 1.29 is 19.4 Å². The van der Waals surface area contributed by atoms with Crippen molar-refractivity contribution in [1.82, 2.24) is 4.98 Å². The van der Waals surface area contributed by atoms with Crippen molar-refractivity contribution in [2.75, 3.05) is 7.11 Å². The van der Waals surface area contributed by atoms with Gasteiger partial charge in [-0.1, -0.05) is 19.9 Å². The molecule has 1 aromatic carbocycles.